The van der Waals surface area contributed by atoms with Crippen molar-refractivity contribution in [1.29, 1.82) is 0 Å². The fourth-order valence-corrected chi connectivity index (χ4v) is 6.17. The Kier molecular flexibility index (Phi) is 8.82. The summed E-state index contributed by atoms with van der Waals surface area (Å²) in [6.45, 7) is 1.97. The third-order valence-electron chi connectivity index (χ3n) is 8.40. The number of hydrogen-bond acceptors (Lipinski definition) is 7. The average Bonchev–Trinajstić information content (AvgIpc) is 3.33. The molecule has 4 aromatic rings. The zero-order valence-corrected chi connectivity index (χ0v) is 24.4. The second kappa shape index (κ2) is 13.1. The van der Waals surface area contributed by atoms with Gasteiger partial charge in [0.25, 0.3) is 0 Å². The summed E-state index contributed by atoms with van der Waals surface area (Å²) < 4.78 is 24.1. The predicted molar refractivity (Wildman–Crippen MR) is 165 cm³/mol. The van der Waals surface area contributed by atoms with Crippen LogP contribution in [0.1, 0.15) is 44.6 Å². The van der Waals surface area contributed by atoms with E-state index in [1.807, 2.05) is 42.5 Å². The molecule has 2 N–H and O–H groups in total. The molecule has 7 nitrogen and oxygen atoms in total. The number of rotatable bonds is 11. The van der Waals surface area contributed by atoms with E-state index in [2.05, 4.69) is 25.1 Å². The average molecular weight is 583 g/mol. The molecule has 0 bridgehead atoms. The van der Waals surface area contributed by atoms with E-state index in [9.17, 15) is 15.0 Å². The lowest BCUT2D eigenvalue weighted by atomic mass is 9.97. The van der Waals surface area contributed by atoms with Crippen molar-refractivity contribution in [2.24, 2.45) is 5.92 Å². The summed E-state index contributed by atoms with van der Waals surface area (Å²) in [6.07, 6.45) is 5.87. The van der Waals surface area contributed by atoms with Crippen molar-refractivity contribution in [3.8, 4) is 17.2 Å². The van der Waals surface area contributed by atoms with Crippen LogP contribution >= 0.6 is 0 Å². The highest BCUT2D eigenvalue weighted by molar-refractivity contribution is 6.02. The Bertz CT molecular complexity index is 1560. The Morgan fingerprint density at radius 2 is 1.74 bits per heavy atom. The van der Waals surface area contributed by atoms with E-state index in [0.29, 0.717) is 30.1 Å². The largest absolute Gasteiger partial charge is 0.482 e. The first-order chi connectivity index (χ1) is 21.0. The number of fused-ring (bicyclic) bond motifs is 4. The van der Waals surface area contributed by atoms with Gasteiger partial charge in [0.1, 0.15) is 18.8 Å². The van der Waals surface area contributed by atoms with Crippen LogP contribution in [0, 0.1) is 5.92 Å². The molecule has 0 aromatic heterocycles. The third-order valence-corrected chi connectivity index (χ3v) is 8.40. The van der Waals surface area contributed by atoms with Gasteiger partial charge in [-0.2, -0.15) is 0 Å². The quantitative estimate of drug-likeness (QED) is 0.0902. The van der Waals surface area contributed by atoms with Crippen LogP contribution in [0.4, 0.5) is 0 Å². The zero-order valence-electron chi connectivity index (χ0n) is 24.4. The van der Waals surface area contributed by atoms with Crippen molar-refractivity contribution in [3.63, 3.8) is 0 Å². The van der Waals surface area contributed by atoms with Gasteiger partial charge in [-0.05, 0) is 46.2 Å². The molecule has 1 aliphatic heterocycles. The monoisotopic (exact) mass is 582 g/mol. The Morgan fingerprint density at radius 3 is 2.49 bits per heavy atom. The number of aliphatic hydroxyl groups is 2. The number of carbonyl (C=O) groups is 1. The number of carbonyl (C=O) groups excluding carboxylic acids is 1. The highest BCUT2D eigenvalue weighted by Crippen LogP contribution is 2.47. The molecule has 224 valence electrons. The molecule has 2 aliphatic rings. The minimum absolute atomic E-state index is 0.125. The van der Waals surface area contributed by atoms with Crippen LogP contribution < -0.4 is 14.2 Å². The normalized spacial score (nSPS) is 21.7. The van der Waals surface area contributed by atoms with E-state index < -0.39 is 24.3 Å². The van der Waals surface area contributed by atoms with Crippen LogP contribution in [0.5, 0.6) is 17.2 Å². The smallest absolute Gasteiger partial charge is 0.344 e. The highest BCUT2D eigenvalue weighted by atomic mass is 16.6. The van der Waals surface area contributed by atoms with E-state index in [-0.39, 0.29) is 25.2 Å². The van der Waals surface area contributed by atoms with E-state index in [0.717, 1.165) is 46.4 Å². The van der Waals surface area contributed by atoms with E-state index in [1.165, 1.54) is 0 Å². The zero-order chi connectivity index (χ0) is 29.8. The van der Waals surface area contributed by atoms with E-state index in [1.54, 1.807) is 24.3 Å². The van der Waals surface area contributed by atoms with Gasteiger partial charge in [-0.15, -0.1) is 0 Å². The lowest BCUT2D eigenvalue weighted by molar-refractivity contribution is -0.147. The van der Waals surface area contributed by atoms with E-state index in [4.69, 9.17) is 18.9 Å². The molecule has 7 heteroatoms. The number of benzene rings is 4. The van der Waals surface area contributed by atoms with Crippen molar-refractivity contribution in [3.05, 3.63) is 90.5 Å². The first kappa shape index (κ1) is 29.0. The Hall–Kier alpha value is -4.07. The molecular formula is C36H38O7. The van der Waals surface area contributed by atoms with Crippen LogP contribution in [-0.2, 0) is 16.1 Å². The number of aliphatic hydroxyl groups excluding tert-OH is 2. The van der Waals surface area contributed by atoms with Crippen molar-refractivity contribution in [2.75, 3.05) is 6.61 Å². The van der Waals surface area contributed by atoms with Crippen molar-refractivity contribution in [2.45, 2.75) is 70.1 Å². The molecular weight excluding hydrogens is 544 g/mol. The maximum absolute atomic E-state index is 12.8. The summed E-state index contributed by atoms with van der Waals surface area (Å²) in [6, 6.07) is 23.6. The standard InChI is InChI=1S/C36H38O7/c1-2-3-4-12-25(37)17-18-28-30(38)20-33-35(28)42-32-16-9-15-31(36(32)43-33)40-22-34(39)41-21-29-26-13-7-5-10-23(26)19-24-11-6-8-14-27(24)29/h5-11,13-19,25,28,30,33,35,37-38H,2-4,12,20-22H2,1H3/b18-17+/t25-,28-,30+,33-,35+/m1/s1. The summed E-state index contributed by atoms with van der Waals surface area (Å²) in [4.78, 5) is 12.8. The SMILES string of the molecule is CCCCC[C@@H](O)/C=C/[C@H]1[C@@H]2Oc3cccc(OCC(=O)OCc4c5ccccc5cc5ccccc45)c3O[C@@H]2C[C@@H]1O. The molecule has 4 aromatic carbocycles. The fraction of sp³-hybridized carbons (Fsp3) is 0.361. The van der Waals surface area contributed by atoms with Crippen molar-refractivity contribution < 1.29 is 34.0 Å². The summed E-state index contributed by atoms with van der Waals surface area (Å²) >= 11 is 0. The van der Waals surface area contributed by atoms with Crippen LogP contribution in [-0.4, -0.2) is 47.2 Å². The van der Waals surface area contributed by atoms with Crippen molar-refractivity contribution >= 4 is 27.5 Å². The Balaban J connectivity index is 1.10. The van der Waals surface area contributed by atoms with Crippen LogP contribution in [0.3, 0.4) is 0 Å². The van der Waals surface area contributed by atoms with Gasteiger partial charge in [-0.3, -0.25) is 0 Å². The van der Waals surface area contributed by atoms with Gasteiger partial charge >= 0.3 is 5.97 Å². The summed E-state index contributed by atoms with van der Waals surface area (Å²) in [5.41, 5.74) is 0.957. The van der Waals surface area contributed by atoms with Gasteiger partial charge < -0.3 is 29.2 Å². The summed E-state index contributed by atoms with van der Waals surface area (Å²) in [5, 5.41) is 25.4. The molecule has 0 spiro atoms. The van der Waals surface area contributed by atoms with E-state index >= 15 is 0 Å². The highest BCUT2D eigenvalue weighted by Gasteiger charge is 2.48. The first-order valence-corrected chi connectivity index (χ1v) is 15.2. The topological polar surface area (TPSA) is 94.5 Å². The predicted octanol–water partition coefficient (Wildman–Crippen LogP) is 6.50. The minimum Gasteiger partial charge on any atom is -0.482 e. The minimum atomic E-state index is -0.659. The third kappa shape index (κ3) is 6.33. The second-order valence-corrected chi connectivity index (χ2v) is 11.4. The molecule has 5 atom stereocenters. The van der Waals surface area contributed by atoms with Crippen LogP contribution in [0.15, 0.2) is 84.9 Å². The molecule has 0 radical (unpaired) electrons. The number of para-hydroxylation sites is 1. The van der Waals surface area contributed by atoms with Crippen LogP contribution in [0.2, 0.25) is 0 Å². The maximum Gasteiger partial charge on any atom is 0.344 e. The summed E-state index contributed by atoms with van der Waals surface area (Å²) in [5.74, 6) is 0.480. The van der Waals surface area contributed by atoms with Gasteiger partial charge in [0, 0.05) is 17.9 Å². The lowest BCUT2D eigenvalue weighted by Gasteiger charge is -2.32. The fourth-order valence-electron chi connectivity index (χ4n) is 6.17. The first-order valence-electron chi connectivity index (χ1n) is 15.2. The Morgan fingerprint density at radius 1 is 1.00 bits per heavy atom. The van der Waals surface area contributed by atoms with Crippen molar-refractivity contribution in [1.82, 2.24) is 0 Å². The van der Waals surface area contributed by atoms with Gasteiger partial charge in [-0.25, -0.2) is 4.79 Å². The van der Waals surface area contributed by atoms with Crippen LogP contribution in [0.25, 0.3) is 21.5 Å². The molecule has 0 saturated heterocycles. The molecule has 1 fully saturated rings. The number of hydrogen-bond donors (Lipinski definition) is 2. The van der Waals surface area contributed by atoms with Gasteiger partial charge in [-0.1, -0.05) is 92.9 Å². The maximum atomic E-state index is 12.8. The van der Waals surface area contributed by atoms with Gasteiger partial charge in [0.05, 0.1) is 12.2 Å². The summed E-state index contributed by atoms with van der Waals surface area (Å²) in [7, 11) is 0. The Labute approximate surface area is 251 Å². The second-order valence-electron chi connectivity index (χ2n) is 11.4. The molecule has 6 rings (SSSR count). The number of unbranched alkanes of at least 4 members (excludes halogenated alkanes) is 2. The molecule has 0 unspecified atom stereocenters. The number of esters is 1. The number of ether oxygens (including phenoxy) is 4. The molecule has 43 heavy (non-hydrogen) atoms. The molecule has 1 heterocycles. The molecule has 0 amide bonds. The molecule has 1 saturated carbocycles. The molecule has 1 aliphatic carbocycles. The van der Waals surface area contributed by atoms with Gasteiger partial charge in [0.2, 0.25) is 5.75 Å². The lowest BCUT2D eigenvalue weighted by Crippen LogP contribution is -2.39. The van der Waals surface area contributed by atoms with Gasteiger partial charge in [0.15, 0.2) is 18.1 Å².